The number of pyridine rings is 1. The molecule has 1 aromatic rings. The van der Waals surface area contributed by atoms with Gasteiger partial charge in [-0.05, 0) is 62.2 Å². The number of nitrogens with zero attached hydrogens (tertiary/aromatic N) is 3. The first kappa shape index (κ1) is 21.9. The Labute approximate surface area is 178 Å². The standard InChI is InChI=1S/C22H34N4O2S/c1-17-6-8-18(9-7-17)21(27)24-19(10-16-29-2)22(28)26-14-12-25(13-15-26)20-5-3-4-11-23-20/h3-5,11,17-19H,6-10,12-16H2,1-2H3,(H,24,27)/t17?,18?,19-/m1/s1. The van der Waals surface area contributed by atoms with E-state index in [-0.39, 0.29) is 17.7 Å². The molecule has 0 bridgehead atoms. The van der Waals surface area contributed by atoms with E-state index >= 15 is 0 Å². The minimum Gasteiger partial charge on any atom is -0.353 e. The zero-order chi connectivity index (χ0) is 20.6. The van der Waals surface area contributed by atoms with Crippen molar-refractivity contribution in [2.24, 2.45) is 11.8 Å². The van der Waals surface area contributed by atoms with E-state index in [1.807, 2.05) is 29.4 Å². The monoisotopic (exact) mass is 418 g/mol. The molecule has 2 amide bonds. The molecule has 1 aliphatic heterocycles. The Morgan fingerprint density at radius 1 is 1.17 bits per heavy atom. The van der Waals surface area contributed by atoms with Crippen LogP contribution >= 0.6 is 11.8 Å². The third-order valence-electron chi connectivity index (χ3n) is 6.18. The van der Waals surface area contributed by atoms with E-state index in [1.54, 1.807) is 18.0 Å². The molecule has 1 saturated heterocycles. The Hall–Kier alpha value is -1.76. The fourth-order valence-electron chi connectivity index (χ4n) is 4.22. The summed E-state index contributed by atoms with van der Waals surface area (Å²) in [4.78, 5) is 34.5. The normalized spacial score (nSPS) is 23.5. The Morgan fingerprint density at radius 3 is 2.52 bits per heavy atom. The number of piperazine rings is 1. The van der Waals surface area contributed by atoms with Crippen LogP contribution in [0.2, 0.25) is 0 Å². The van der Waals surface area contributed by atoms with Gasteiger partial charge in [0.1, 0.15) is 11.9 Å². The summed E-state index contributed by atoms with van der Waals surface area (Å²) < 4.78 is 0. The highest BCUT2D eigenvalue weighted by Crippen LogP contribution is 2.28. The predicted octanol–water partition coefficient (Wildman–Crippen LogP) is 2.79. The summed E-state index contributed by atoms with van der Waals surface area (Å²) in [5, 5.41) is 3.11. The van der Waals surface area contributed by atoms with Crippen LogP contribution in [0.5, 0.6) is 0 Å². The lowest BCUT2D eigenvalue weighted by molar-refractivity contribution is -0.138. The fourth-order valence-corrected chi connectivity index (χ4v) is 4.69. The molecule has 2 heterocycles. The average molecular weight is 419 g/mol. The van der Waals surface area contributed by atoms with Gasteiger partial charge in [-0.2, -0.15) is 11.8 Å². The summed E-state index contributed by atoms with van der Waals surface area (Å²) >= 11 is 1.72. The van der Waals surface area contributed by atoms with Crippen molar-refractivity contribution < 1.29 is 9.59 Å². The second-order valence-electron chi connectivity index (χ2n) is 8.30. The highest BCUT2D eigenvalue weighted by atomic mass is 32.2. The highest BCUT2D eigenvalue weighted by molar-refractivity contribution is 7.98. The number of hydrogen-bond acceptors (Lipinski definition) is 5. The lowest BCUT2D eigenvalue weighted by Crippen LogP contribution is -2.56. The van der Waals surface area contributed by atoms with Gasteiger partial charge in [0.05, 0.1) is 0 Å². The number of thioether (sulfide) groups is 1. The number of amides is 2. The van der Waals surface area contributed by atoms with Crippen molar-refractivity contribution in [2.45, 2.75) is 45.1 Å². The van der Waals surface area contributed by atoms with E-state index in [9.17, 15) is 9.59 Å². The van der Waals surface area contributed by atoms with Crippen molar-refractivity contribution in [3.63, 3.8) is 0 Å². The van der Waals surface area contributed by atoms with Crippen molar-refractivity contribution in [3.05, 3.63) is 24.4 Å². The molecular weight excluding hydrogens is 384 g/mol. The molecule has 0 aromatic carbocycles. The van der Waals surface area contributed by atoms with Crippen LogP contribution in [0.3, 0.4) is 0 Å². The van der Waals surface area contributed by atoms with Gasteiger partial charge >= 0.3 is 0 Å². The Morgan fingerprint density at radius 2 is 1.90 bits per heavy atom. The first-order chi connectivity index (χ1) is 14.1. The number of carbonyl (C=O) groups excluding carboxylic acids is 2. The van der Waals surface area contributed by atoms with Crippen LogP contribution in [0.15, 0.2) is 24.4 Å². The summed E-state index contributed by atoms with van der Waals surface area (Å²) in [6, 6.07) is 5.50. The second-order valence-corrected chi connectivity index (χ2v) is 9.29. The molecule has 3 rings (SSSR count). The molecule has 1 aromatic heterocycles. The Balaban J connectivity index is 1.55. The van der Waals surface area contributed by atoms with Crippen molar-refractivity contribution in [3.8, 4) is 0 Å². The van der Waals surface area contributed by atoms with Crippen LogP contribution in [0.1, 0.15) is 39.0 Å². The lowest BCUT2D eigenvalue weighted by Gasteiger charge is -2.37. The average Bonchev–Trinajstić information content (AvgIpc) is 2.77. The first-order valence-corrected chi connectivity index (χ1v) is 12.2. The van der Waals surface area contributed by atoms with Gasteiger partial charge in [-0.15, -0.1) is 0 Å². The highest BCUT2D eigenvalue weighted by Gasteiger charge is 2.31. The topological polar surface area (TPSA) is 65.5 Å². The smallest absolute Gasteiger partial charge is 0.245 e. The summed E-state index contributed by atoms with van der Waals surface area (Å²) in [6.07, 6.45) is 8.63. The van der Waals surface area contributed by atoms with E-state index in [0.717, 1.165) is 50.3 Å². The quantitative estimate of drug-likeness (QED) is 0.738. The van der Waals surface area contributed by atoms with E-state index in [4.69, 9.17) is 0 Å². The zero-order valence-corrected chi connectivity index (χ0v) is 18.5. The van der Waals surface area contributed by atoms with E-state index in [0.29, 0.717) is 25.4 Å². The molecule has 1 aliphatic carbocycles. The van der Waals surface area contributed by atoms with Gasteiger partial charge in [-0.3, -0.25) is 9.59 Å². The van der Waals surface area contributed by atoms with Gasteiger partial charge in [0, 0.05) is 38.3 Å². The number of rotatable bonds is 7. The molecule has 1 atom stereocenters. The van der Waals surface area contributed by atoms with Crippen molar-refractivity contribution >= 4 is 29.4 Å². The van der Waals surface area contributed by atoms with Gasteiger partial charge in [-0.25, -0.2) is 4.98 Å². The van der Waals surface area contributed by atoms with Crippen LogP contribution < -0.4 is 10.2 Å². The number of anilines is 1. The van der Waals surface area contributed by atoms with Crippen LogP contribution in [0, 0.1) is 11.8 Å². The minimum absolute atomic E-state index is 0.0665. The maximum absolute atomic E-state index is 13.2. The van der Waals surface area contributed by atoms with Crippen LogP contribution in [-0.4, -0.2) is 65.9 Å². The predicted molar refractivity (Wildman–Crippen MR) is 119 cm³/mol. The second kappa shape index (κ2) is 10.9. The Kier molecular flexibility index (Phi) is 8.21. The molecule has 1 N–H and O–H groups in total. The summed E-state index contributed by atoms with van der Waals surface area (Å²) in [5.74, 6) is 2.74. The molecule has 29 heavy (non-hydrogen) atoms. The minimum atomic E-state index is -0.407. The van der Waals surface area contributed by atoms with Gasteiger partial charge in [-0.1, -0.05) is 13.0 Å². The zero-order valence-electron chi connectivity index (χ0n) is 17.7. The maximum atomic E-state index is 13.2. The number of hydrogen-bond donors (Lipinski definition) is 1. The summed E-state index contributed by atoms with van der Waals surface area (Å²) in [6.45, 7) is 5.13. The molecule has 0 spiro atoms. The third-order valence-corrected chi connectivity index (χ3v) is 6.82. The van der Waals surface area contributed by atoms with Crippen molar-refractivity contribution in [2.75, 3.05) is 43.1 Å². The molecule has 1 saturated carbocycles. The largest absolute Gasteiger partial charge is 0.353 e. The Bertz CT molecular complexity index is 656. The van der Waals surface area contributed by atoms with E-state index in [1.165, 1.54) is 0 Å². The van der Waals surface area contributed by atoms with Gasteiger partial charge in [0.15, 0.2) is 0 Å². The van der Waals surface area contributed by atoms with Gasteiger partial charge in [0.2, 0.25) is 11.8 Å². The van der Waals surface area contributed by atoms with Crippen LogP contribution in [0.4, 0.5) is 5.82 Å². The number of nitrogens with one attached hydrogen (secondary N) is 1. The number of aromatic nitrogens is 1. The molecule has 0 radical (unpaired) electrons. The lowest BCUT2D eigenvalue weighted by atomic mass is 9.82. The number of carbonyl (C=O) groups is 2. The van der Waals surface area contributed by atoms with Crippen LogP contribution in [0.25, 0.3) is 0 Å². The summed E-state index contributed by atoms with van der Waals surface area (Å²) in [7, 11) is 0. The molecule has 0 unspecified atom stereocenters. The van der Waals surface area contributed by atoms with Gasteiger partial charge in [0.25, 0.3) is 0 Å². The SMILES string of the molecule is CSCC[C@@H](NC(=O)C1CCC(C)CC1)C(=O)N1CCN(c2ccccn2)CC1. The third kappa shape index (κ3) is 6.11. The van der Waals surface area contributed by atoms with Crippen molar-refractivity contribution in [1.82, 2.24) is 15.2 Å². The maximum Gasteiger partial charge on any atom is 0.245 e. The first-order valence-electron chi connectivity index (χ1n) is 10.8. The van der Waals surface area contributed by atoms with Crippen molar-refractivity contribution in [1.29, 1.82) is 0 Å². The summed E-state index contributed by atoms with van der Waals surface area (Å²) in [5.41, 5.74) is 0. The molecular formula is C22H34N4O2S. The van der Waals surface area contributed by atoms with Gasteiger partial charge < -0.3 is 15.1 Å². The van der Waals surface area contributed by atoms with E-state index < -0.39 is 6.04 Å². The molecule has 2 fully saturated rings. The van der Waals surface area contributed by atoms with E-state index in [2.05, 4.69) is 22.1 Å². The molecule has 7 heteroatoms. The fraction of sp³-hybridized carbons (Fsp3) is 0.682. The van der Waals surface area contributed by atoms with Crippen LogP contribution in [-0.2, 0) is 9.59 Å². The molecule has 160 valence electrons. The molecule has 6 nitrogen and oxygen atoms in total. The molecule has 2 aliphatic rings.